The van der Waals surface area contributed by atoms with E-state index in [4.69, 9.17) is 0 Å². The van der Waals surface area contributed by atoms with Gasteiger partial charge >= 0.3 is 0 Å². The van der Waals surface area contributed by atoms with Gasteiger partial charge in [-0.05, 0) is 107 Å². The lowest BCUT2D eigenvalue weighted by Crippen LogP contribution is -2.40. The van der Waals surface area contributed by atoms with E-state index in [0.29, 0.717) is 6.04 Å². The lowest BCUT2D eigenvalue weighted by Gasteiger charge is -2.32. The third-order valence-corrected chi connectivity index (χ3v) is 11.7. The van der Waals surface area contributed by atoms with Crippen molar-refractivity contribution in [3.05, 3.63) is 136 Å². The van der Waals surface area contributed by atoms with Crippen LogP contribution in [-0.2, 0) is 10.8 Å². The van der Waals surface area contributed by atoms with Crippen molar-refractivity contribution in [2.24, 2.45) is 0 Å². The van der Waals surface area contributed by atoms with E-state index in [0.717, 1.165) is 25.9 Å². The Kier molecular flexibility index (Phi) is 9.99. The summed E-state index contributed by atoms with van der Waals surface area (Å²) in [5, 5.41) is 2.75. The van der Waals surface area contributed by atoms with E-state index in [1.54, 1.807) is 0 Å². The van der Waals surface area contributed by atoms with Gasteiger partial charge in [0, 0.05) is 41.0 Å². The fourth-order valence-corrected chi connectivity index (χ4v) is 8.87. The van der Waals surface area contributed by atoms with Gasteiger partial charge in [-0.15, -0.1) is 0 Å². The van der Waals surface area contributed by atoms with E-state index in [9.17, 15) is 0 Å². The van der Waals surface area contributed by atoms with Gasteiger partial charge in [-0.3, -0.25) is 0 Å². The van der Waals surface area contributed by atoms with Crippen molar-refractivity contribution in [2.75, 3.05) is 22.9 Å². The van der Waals surface area contributed by atoms with E-state index < -0.39 is 0 Å². The maximum atomic E-state index is 3.94. The second kappa shape index (κ2) is 14.1. The first-order valence-electron chi connectivity index (χ1n) is 18.8. The van der Waals surface area contributed by atoms with Crippen molar-refractivity contribution in [1.29, 1.82) is 0 Å². The molecular weight excluding hydrogens is 593 g/mol. The molecule has 0 saturated carbocycles. The fourth-order valence-electron chi connectivity index (χ4n) is 8.87. The SMILES string of the molecule is C=C/C=C\c1c(C)ccc2c1C(C)(C)/C(=C\C=C1/CCC(/C=C/C3N(CCCC)c4ccc5ccccc5c4C3(C)C)=C1C)N2CCCC. The van der Waals surface area contributed by atoms with Crippen LogP contribution in [0.3, 0.4) is 0 Å². The van der Waals surface area contributed by atoms with Gasteiger partial charge in [0.2, 0.25) is 0 Å². The average molecular weight is 651 g/mol. The zero-order chi connectivity index (χ0) is 34.9. The number of unbranched alkanes of at least 4 members (excludes halogenated alkanes) is 2. The van der Waals surface area contributed by atoms with Crippen LogP contribution in [0.2, 0.25) is 0 Å². The summed E-state index contributed by atoms with van der Waals surface area (Å²) in [6, 6.07) is 18.6. The number of rotatable bonds is 11. The predicted octanol–water partition coefficient (Wildman–Crippen LogP) is 12.7. The Labute approximate surface area is 297 Å². The van der Waals surface area contributed by atoms with Gasteiger partial charge < -0.3 is 9.80 Å². The molecule has 3 aromatic carbocycles. The number of allylic oxidation sites excluding steroid dienone is 9. The summed E-state index contributed by atoms with van der Waals surface area (Å²) < 4.78 is 0. The Morgan fingerprint density at radius 1 is 0.816 bits per heavy atom. The third-order valence-electron chi connectivity index (χ3n) is 11.7. The third kappa shape index (κ3) is 6.17. The maximum Gasteiger partial charge on any atom is 0.0568 e. The molecule has 2 aliphatic heterocycles. The molecule has 0 amide bonds. The molecule has 1 aliphatic carbocycles. The Morgan fingerprint density at radius 3 is 2.31 bits per heavy atom. The van der Waals surface area contributed by atoms with Crippen molar-refractivity contribution in [1.82, 2.24) is 0 Å². The monoisotopic (exact) mass is 650 g/mol. The molecule has 3 aliphatic rings. The van der Waals surface area contributed by atoms with Gasteiger partial charge in [0.1, 0.15) is 0 Å². The summed E-state index contributed by atoms with van der Waals surface area (Å²) in [5.41, 5.74) is 14.1. The number of hydrogen-bond acceptors (Lipinski definition) is 2. The fraction of sp³-hybridized carbons (Fsp3) is 0.404. The smallest absolute Gasteiger partial charge is 0.0568 e. The summed E-state index contributed by atoms with van der Waals surface area (Å²) in [6.45, 7) is 25.0. The highest BCUT2D eigenvalue weighted by atomic mass is 15.2. The second-order valence-electron chi connectivity index (χ2n) is 15.6. The average Bonchev–Trinajstić information content (AvgIpc) is 3.63. The summed E-state index contributed by atoms with van der Waals surface area (Å²) in [6.07, 6.45) is 23.1. The predicted molar refractivity (Wildman–Crippen MR) is 216 cm³/mol. The minimum Gasteiger partial charge on any atom is -0.364 e. The molecule has 1 unspecified atom stereocenters. The second-order valence-corrected chi connectivity index (χ2v) is 15.6. The summed E-state index contributed by atoms with van der Waals surface area (Å²) >= 11 is 0. The van der Waals surface area contributed by atoms with Gasteiger partial charge in [-0.2, -0.15) is 0 Å². The van der Waals surface area contributed by atoms with Crippen LogP contribution in [0.15, 0.2) is 114 Å². The van der Waals surface area contributed by atoms with Gasteiger partial charge in [-0.1, -0.05) is 134 Å². The van der Waals surface area contributed by atoms with E-state index in [1.807, 2.05) is 6.08 Å². The number of hydrogen-bond donors (Lipinski definition) is 0. The molecule has 2 heteroatoms. The Morgan fingerprint density at radius 2 is 1.55 bits per heavy atom. The molecule has 0 aromatic heterocycles. The Hall–Kier alpha value is -4.04. The normalized spacial score (nSPS) is 21.3. The molecule has 0 N–H and O–H groups in total. The Bertz CT molecular complexity index is 1890. The van der Waals surface area contributed by atoms with Crippen LogP contribution in [-0.4, -0.2) is 19.1 Å². The van der Waals surface area contributed by atoms with Crippen LogP contribution < -0.4 is 9.80 Å². The maximum absolute atomic E-state index is 3.94. The molecule has 3 aromatic rings. The van der Waals surface area contributed by atoms with Crippen molar-refractivity contribution < 1.29 is 0 Å². The number of nitrogens with zero attached hydrogens (tertiary/aromatic N) is 2. The van der Waals surface area contributed by atoms with Crippen molar-refractivity contribution in [2.45, 2.75) is 111 Å². The standard InChI is InChI=1S/C47H58N2/c1-10-13-19-38-33(4)21-27-40-44(38)46(6,7)42(48(40)31-14-11-2)29-25-35-22-23-36(34(35)5)26-30-43-47(8,9)45-39-20-17-16-18-37(39)24-28-41(45)49(43)32-15-12-3/h10,13,16-21,24-30,43H,1,11-12,14-15,22-23,31-32H2,2-9H3/b19-13-,30-26+,35-25+,42-29+. The molecule has 0 saturated heterocycles. The molecule has 2 heterocycles. The number of benzene rings is 3. The van der Waals surface area contributed by atoms with Crippen molar-refractivity contribution in [3.63, 3.8) is 0 Å². The first kappa shape index (κ1) is 34.8. The highest BCUT2D eigenvalue weighted by Crippen LogP contribution is 2.51. The highest BCUT2D eigenvalue weighted by molar-refractivity contribution is 5.93. The van der Waals surface area contributed by atoms with Crippen LogP contribution in [0.4, 0.5) is 11.4 Å². The molecule has 49 heavy (non-hydrogen) atoms. The topological polar surface area (TPSA) is 6.48 Å². The molecule has 0 radical (unpaired) electrons. The van der Waals surface area contributed by atoms with Gasteiger partial charge in [-0.25, -0.2) is 0 Å². The van der Waals surface area contributed by atoms with E-state index >= 15 is 0 Å². The molecule has 1 atom stereocenters. The van der Waals surface area contributed by atoms with Gasteiger partial charge in [0.05, 0.1) is 6.04 Å². The molecule has 2 nitrogen and oxygen atoms in total. The molecule has 0 fully saturated rings. The van der Waals surface area contributed by atoms with Crippen LogP contribution in [0.25, 0.3) is 16.8 Å². The van der Waals surface area contributed by atoms with Crippen LogP contribution in [0, 0.1) is 6.92 Å². The zero-order valence-electron chi connectivity index (χ0n) is 31.5. The van der Waals surface area contributed by atoms with Gasteiger partial charge in [0.15, 0.2) is 0 Å². The van der Waals surface area contributed by atoms with Gasteiger partial charge in [0.25, 0.3) is 0 Å². The number of anilines is 2. The molecule has 256 valence electrons. The number of fused-ring (bicyclic) bond motifs is 4. The number of aryl methyl sites for hydroxylation is 1. The molecule has 0 spiro atoms. The molecule has 0 bridgehead atoms. The van der Waals surface area contributed by atoms with Crippen LogP contribution in [0.5, 0.6) is 0 Å². The van der Waals surface area contributed by atoms with Crippen molar-refractivity contribution >= 4 is 28.2 Å². The quantitative estimate of drug-likeness (QED) is 0.191. The van der Waals surface area contributed by atoms with E-state index in [1.165, 1.54) is 92.5 Å². The molecule has 6 rings (SSSR count). The van der Waals surface area contributed by atoms with Crippen molar-refractivity contribution in [3.8, 4) is 0 Å². The molecular formula is C47H58N2. The Balaban J connectivity index is 1.34. The van der Waals surface area contributed by atoms with E-state index in [2.05, 4.69) is 157 Å². The minimum atomic E-state index is -0.0961. The lowest BCUT2D eigenvalue weighted by molar-refractivity contribution is 0.473. The first-order chi connectivity index (χ1) is 23.6. The summed E-state index contributed by atoms with van der Waals surface area (Å²) in [4.78, 5) is 5.29. The summed E-state index contributed by atoms with van der Waals surface area (Å²) in [5.74, 6) is 0. The first-order valence-corrected chi connectivity index (χ1v) is 18.8. The zero-order valence-corrected chi connectivity index (χ0v) is 31.5. The summed E-state index contributed by atoms with van der Waals surface area (Å²) in [7, 11) is 0. The largest absolute Gasteiger partial charge is 0.364 e. The lowest BCUT2D eigenvalue weighted by atomic mass is 9.78. The van der Waals surface area contributed by atoms with E-state index in [-0.39, 0.29) is 10.8 Å². The van der Waals surface area contributed by atoms with Crippen LogP contribution >= 0.6 is 0 Å². The van der Waals surface area contributed by atoms with Crippen LogP contribution in [0.1, 0.15) is 109 Å². The minimum absolute atomic E-state index is 0.0136. The highest BCUT2D eigenvalue weighted by Gasteiger charge is 2.44.